The minimum atomic E-state index is 0.0593. The first kappa shape index (κ1) is 13.1. The van der Waals surface area contributed by atoms with E-state index in [0.717, 1.165) is 16.3 Å². The van der Waals surface area contributed by atoms with E-state index in [-0.39, 0.29) is 11.5 Å². The number of aryl methyl sites for hydroxylation is 1. The van der Waals surface area contributed by atoms with Crippen LogP contribution in [-0.2, 0) is 0 Å². The molecule has 21 heavy (non-hydrogen) atoms. The van der Waals surface area contributed by atoms with E-state index in [2.05, 4.69) is 10.2 Å². The van der Waals surface area contributed by atoms with E-state index >= 15 is 0 Å². The van der Waals surface area contributed by atoms with Gasteiger partial charge in [-0.05, 0) is 36.1 Å². The van der Waals surface area contributed by atoms with Gasteiger partial charge in [0.1, 0.15) is 22.9 Å². The van der Waals surface area contributed by atoms with Crippen LogP contribution >= 0.6 is 0 Å². The zero-order valence-electron chi connectivity index (χ0n) is 11.5. The lowest BCUT2D eigenvalue weighted by molar-refractivity contribution is 0.474. The Hall–Kier alpha value is -2.88. The number of rotatable bonds is 2. The monoisotopic (exact) mass is 278 g/mol. The van der Waals surface area contributed by atoms with E-state index in [1.54, 1.807) is 24.3 Å². The number of benzene rings is 3. The Kier molecular flexibility index (Phi) is 3.28. The third-order valence-corrected chi connectivity index (χ3v) is 3.27. The molecule has 0 aliphatic carbocycles. The third-order valence-electron chi connectivity index (χ3n) is 3.27. The number of hydrogen-bond acceptors (Lipinski definition) is 4. The van der Waals surface area contributed by atoms with E-state index in [4.69, 9.17) is 0 Å². The highest BCUT2D eigenvalue weighted by atomic mass is 16.3. The van der Waals surface area contributed by atoms with Gasteiger partial charge in [-0.1, -0.05) is 36.4 Å². The minimum Gasteiger partial charge on any atom is -0.506 e. The van der Waals surface area contributed by atoms with Gasteiger partial charge in [-0.15, -0.1) is 10.2 Å². The molecule has 0 atom stereocenters. The molecule has 0 bridgehead atoms. The van der Waals surface area contributed by atoms with Crippen molar-refractivity contribution < 1.29 is 10.2 Å². The second-order valence-electron chi connectivity index (χ2n) is 4.85. The van der Waals surface area contributed by atoms with Crippen molar-refractivity contribution in [3.63, 3.8) is 0 Å². The summed E-state index contributed by atoms with van der Waals surface area (Å²) in [6.45, 7) is 1.91. The fraction of sp³-hybridized carbons (Fsp3) is 0.0588. The van der Waals surface area contributed by atoms with Gasteiger partial charge in [0.25, 0.3) is 0 Å². The van der Waals surface area contributed by atoms with E-state index in [0.29, 0.717) is 11.4 Å². The molecule has 3 aromatic carbocycles. The first-order valence-electron chi connectivity index (χ1n) is 6.57. The standard InChI is InChI=1S/C17H14N2O2/c1-11-6-8-15(20)14(10-11)18-19-17-13-5-3-2-4-12(13)7-9-16(17)21/h2-10,20-21H,1H3. The molecule has 0 spiro atoms. The minimum absolute atomic E-state index is 0.0593. The van der Waals surface area contributed by atoms with Crippen molar-refractivity contribution in [1.29, 1.82) is 0 Å². The number of phenols is 2. The van der Waals surface area contributed by atoms with Crippen LogP contribution in [0.15, 0.2) is 64.8 Å². The highest BCUT2D eigenvalue weighted by Crippen LogP contribution is 2.37. The molecule has 0 heterocycles. The van der Waals surface area contributed by atoms with Crippen molar-refractivity contribution >= 4 is 22.1 Å². The molecule has 4 heteroatoms. The summed E-state index contributed by atoms with van der Waals surface area (Å²) in [5.74, 6) is 0.119. The second-order valence-corrected chi connectivity index (χ2v) is 4.85. The summed E-state index contributed by atoms with van der Waals surface area (Å²) >= 11 is 0. The van der Waals surface area contributed by atoms with Gasteiger partial charge < -0.3 is 10.2 Å². The first-order valence-corrected chi connectivity index (χ1v) is 6.57. The number of azo groups is 1. The number of hydrogen-bond donors (Lipinski definition) is 2. The van der Waals surface area contributed by atoms with Gasteiger partial charge in [-0.2, -0.15) is 0 Å². The lowest BCUT2D eigenvalue weighted by Gasteiger charge is -2.04. The molecule has 0 amide bonds. The van der Waals surface area contributed by atoms with Crippen LogP contribution < -0.4 is 0 Å². The van der Waals surface area contributed by atoms with Crippen LogP contribution in [0.25, 0.3) is 10.8 Å². The highest BCUT2D eigenvalue weighted by molar-refractivity contribution is 5.95. The second kappa shape index (κ2) is 5.25. The Morgan fingerprint density at radius 2 is 1.57 bits per heavy atom. The predicted octanol–water partition coefficient (Wildman–Crippen LogP) is 4.97. The van der Waals surface area contributed by atoms with Gasteiger partial charge in [-0.25, -0.2) is 0 Å². The predicted molar refractivity (Wildman–Crippen MR) is 82.6 cm³/mol. The summed E-state index contributed by atoms with van der Waals surface area (Å²) in [5, 5.41) is 29.7. The number of aromatic hydroxyl groups is 2. The summed E-state index contributed by atoms with van der Waals surface area (Å²) in [5.41, 5.74) is 1.75. The van der Waals surface area contributed by atoms with Crippen LogP contribution in [0.5, 0.6) is 11.5 Å². The molecule has 0 saturated carbocycles. The van der Waals surface area contributed by atoms with Gasteiger partial charge in [0.05, 0.1) is 0 Å². The Bertz CT molecular complexity index is 841. The zero-order valence-corrected chi connectivity index (χ0v) is 11.5. The van der Waals surface area contributed by atoms with Gasteiger partial charge in [0.2, 0.25) is 0 Å². The molecule has 4 nitrogen and oxygen atoms in total. The lowest BCUT2D eigenvalue weighted by atomic mass is 10.1. The van der Waals surface area contributed by atoms with Crippen molar-refractivity contribution in [2.45, 2.75) is 6.92 Å². The highest BCUT2D eigenvalue weighted by Gasteiger charge is 2.06. The quantitative estimate of drug-likeness (QED) is 0.649. The largest absolute Gasteiger partial charge is 0.506 e. The summed E-state index contributed by atoms with van der Waals surface area (Å²) in [4.78, 5) is 0. The normalized spacial score (nSPS) is 11.3. The Balaban J connectivity index is 2.11. The van der Waals surface area contributed by atoms with E-state index < -0.39 is 0 Å². The molecule has 2 N–H and O–H groups in total. The number of nitrogens with zero attached hydrogens (tertiary/aromatic N) is 2. The Labute approximate surface area is 122 Å². The molecule has 3 aromatic rings. The summed E-state index contributed by atoms with van der Waals surface area (Å²) in [6, 6.07) is 16.1. The van der Waals surface area contributed by atoms with E-state index in [1.807, 2.05) is 37.3 Å². The summed E-state index contributed by atoms with van der Waals surface area (Å²) < 4.78 is 0. The first-order chi connectivity index (χ1) is 10.1. The Morgan fingerprint density at radius 1 is 0.810 bits per heavy atom. The third kappa shape index (κ3) is 2.56. The summed E-state index contributed by atoms with van der Waals surface area (Å²) in [6.07, 6.45) is 0. The van der Waals surface area contributed by atoms with E-state index in [9.17, 15) is 10.2 Å². The molecule has 0 saturated heterocycles. The van der Waals surface area contributed by atoms with Crippen LogP contribution in [0.4, 0.5) is 11.4 Å². The van der Waals surface area contributed by atoms with Crippen molar-refractivity contribution in [1.82, 2.24) is 0 Å². The average molecular weight is 278 g/mol. The van der Waals surface area contributed by atoms with Gasteiger partial charge in [0, 0.05) is 5.39 Å². The van der Waals surface area contributed by atoms with E-state index in [1.165, 1.54) is 0 Å². The van der Waals surface area contributed by atoms with Crippen molar-refractivity contribution in [3.8, 4) is 11.5 Å². The van der Waals surface area contributed by atoms with Gasteiger partial charge in [0.15, 0.2) is 0 Å². The number of fused-ring (bicyclic) bond motifs is 1. The van der Waals surface area contributed by atoms with Crippen LogP contribution in [-0.4, -0.2) is 10.2 Å². The molecular weight excluding hydrogens is 264 g/mol. The topological polar surface area (TPSA) is 65.2 Å². The molecule has 3 rings (SSSR count). The molecule has 0 fully saturated rings. The van der Waals surface area contributed by atoms with Crippen molar-refractivity contribution in [2.24, 2.45) is 10.2 Å². The fourth-order valence-electron chi connectivity index (χ4n) is 2.17. The zero-order chi connectivity index (χ0) is 14.8. The SMILES string of the molecule is Cc1ccc(O)c(N=Nc2c(O)ccc3ccccc23)c1. The molecule has 0 aliphatic rings. The molecule has 0 aromatic heterocycles. The smallest absolute Gasteiger partial charge is 0.143 e. The van der Waals surface area contributed by atoms with Crippen molar-refractivity contribution in [3.05, 3.63) is 60.2 Å². The average Bonchev–Trinajstić information content (AvgIpc) is 2.49. The maximum atomic E-state index is 9.99. The summed E-state index contributed by atoms with van der Waals surface area (Å²) in [7, 11) is 0. The molecule has 104 valence electrons. The van der Waals surface area contributed by atoms with Crippen LogP contribution in [0.3, 0.4) is 0 Å². The fourth-order valence-corrected chi connectivity index (χ4v) is 2.17. The molecular formula is C17H14N2O2. The molecule has 0 radical (unpaired) electrons. The maximum Gasteiger partial charge on any atom is 0.143 e. The lowest BCUT2D eigenvalue weighted by Crippen LogP contribution is -1.75. The van der Waals surface area contributed by atoms with Crippen LogP contribution in [0, 0.1) is 6.92 Å². The molecule has 0 aliphatic heterocycles. The van der Waals surface area contributed by atoms with Crippen LogP contribution in [0.2, 0.25) is 0 Å². The van der Waals surface area contributed by atoms with Gasteiger partial charge in [-0.3, -0.25) is 0 Å². The van der Waals surface area contributed by atoms with Crippen molar-refractivity contribution in [2.75, 3.05) is 0 Å². The van der Waals surface area contributed by atoms with Crippen LogP contribution in [0.1, 0.15) is 5.56 Å². The maximum absolute atomic E-state index is 9.99. The number of phenolic OH excluding ortho intramolecular Hbond substituents is 2. The Morgan fingerprint density at radius 3 is 2.43 bits per heavy atom. The van der Waals surface area contributed by atoms with Gasteiger partial charge >= 0.3 is 0 Å². The molecule has 0 unspecified atom stereocenters.